The van der Waals surface area contributed by atoms with Crippen LogP contribution >= 0.6 is 11.3 Å². The Balaban J connectivity index is 2.51. The van der Waals surface area contributed by atoms with E-state index in [1.165, 1.54) is 11.3 Å². The molecule has 15 heavy (non-hydrogen) atoms. The third kappa shape index (κ3) is 4.24. The Morgan fingerprint density at radius 1 is 1.47 bits per heavy atom. The number of hydrogen-bond acceptors (Lipinski definition) is 6. The molecule has 1 rings (SSSR count). The summed E-state index contributed by atoms with van der Waals surface area (Å²) in [5.41, 5.74) is -0.451. The molecule has 0 aliphatic rings. The first-order chi connectivity index (χ1) is 6.90. The van der Waals surface area contributed by atoms with Crippen molar-refractivity contribution < 1.29 is 9.53 Å². The molecule has 0 aliphatic heterocycles. The maximum absolute atomic E-state index is 11.4. The van der Waals surface area contributed by atoms with Gasteiger partial charge in [0.15, 0.2) is 0 Å². The Morgan fingerprint density at radius 3 is 2.60 bits per heavy atom. The summed E-state index contributed by atoms with van der Waals surface area (Å²) in [6.45, 7) is 5.51. The normalized spacial score (nSPS) is 11.2. The van der Waals surface area contributed by atoms with Crippen LogP contribution in [0.1, 0.15) is 25.8 Å². The van der Waals surface area contributed by atoms with Crippen LogP contribution in [-0.4, -0.2) is 28.8 Å². The highest BCUT2D eigenvalue weighted by Gasteiger charge is 2.18. The summed E-state index contributed by atoms with van der Waals surface area (Å²) in [4.78, 5) is 11.4. The van der Waals surface area contributed by atoms with Crippen molar-refractivity contribution in [3.05, 3.63) is 5.01 Å². The van der Waals surface area contributed by atoms with Gasteiger partial charge in [0.1, 0.15) is 10.6 Å². The quantitative estimate of drug-likeness (QED) is 0.795. The van der Waals surface area contributed by atoms with Crippen LogP contribution in [0.25, 0.3) is 0 Å². The van der Waals surface area contributed by atoms with Gasteiger partial charge in [-0.05, 0) is 20.8 Å². The highest BCUT2D eigenvalue weighted by Crippen LogP contribution is 2.16. The van der Waals surface area contributed by atoms with E-state index >= 15 is 0 Å². The number of nitrogens with one attached hydrogen (secondary N) is 1. The minimum atomic E-state index is -0.451. The topological polar surface area (TPSA) is 64.1 Å². The second-order valence-corrected chi connectivity index (χ2v) is 5.08. The molecule has 0 saturated carbocycles. The van der Waals surface area contributed by atoms with Crippen molar-refractivity contribution in [2.75, 3.05) is 12.4 Å². The van der Waals surface area contributed by atoms with Crippen molar-refractivity contribution in [1.29, 1.82) is 0 Å². The second kappa shape index (κ2) is 4.57. The number of ether oxygens (including phenoxy) is 1. The third-order valence-electron chi connectivity index (χ3n) is 1.40. The second-order valence-electron chi connectivity index (χ2n) is 4.01. The van der Waals surface area contributed by atoms with E-state index in [9.17, 15) is 4.79 Å². The van der Waals surface area contributed by atoms with E-state index in [1.807, 2.05) is 20.8 Å². The number of hydrogen-bond donors (Lipinski definition) is 1. The molecule has 6 heteroatoms. The molecule has 0 unspecified atom stereocenters. The Labute approximate surface area is 92.9 Å². The van der Waals surface area contributed by atoms with Crippen molar-refractivity contribution in [3.63, 3.8) is 0 Å². The van der Waals surface area contributed by atoms with Crippen LogP contribution in [0.3, 0.4) is 0 Å². The van der Waals surface area contributed by atoms with Crippen LogP contribution in [-0.2, 0) is 16.0 Å². The summed E-state index contributed by atoms with van der Waals surface area (Å²) in [6, 6.07) is 0. The molecular weight excluding hydrogens is 214 g/mol. The van der Waals surface area contributed by atoms with E-state index in [0.29, 0.717) is 10.1 Å². The van der Waals surface area contributed by atoms with Gasteiger partial charge in [-0.1, -0.05) is 11.3 Å². The molecule has 0 saturated heterocycles. The fraction of sp³-hybridized carbons (Fsp3) is 0.667. The van der Waals surface area contributed by atoms with E-state index in [-0.39, 0.29) is 12.4 Å². The molecular formula is C9H15N3O2S. The highest BCUT2D eigenvalue weighted by atomic mass is 32.1. The van der Waals surface area contributed by atoms with E-state index < -0.39 is 5.60 Å². The van der Waals surface area contributed by atoms with Gasteiger partial charge in [0.2, 0.25) is 5.13 Å². The van der Waals surface area contributed by atoms with E-state index in [4.69, 9.17) is 4.74 Å². The van der Waals surface area contributed by atoms with Gasteiger partial charge < -0.3 is 10.1 Å². The predicted octanol–water partition coefficient (Wildman–Crippen LogP) is 1.46. The van der Waals surface area contributed by atoms with Crippen LogP contribution < -0.4 is 5.32 Å². The number of esters is 1. The van der Waals surface area contributed by atoms with Gasteiger partial charge in [0.25, 0.3) is 0 Å². The van der Waals surface area contributed by atoms with Gasteiger partial charge in [-0.3, -0.25) is 4.79 Å². The largest absolute Gasteiger partial charge is 0.460 e. The lowest BCUT2D eigenvalue weighted by molar-refractivity contribution is -0.153. The van der Waals surface area contributed by atoms with Crippen LogP contribution in [0, 0.1) is 0 Å². The van der Waals surface area contributed by atoms with Gasteiger partial charge >= 0.3 is 5.97 Å². The smallest absolute Gasteiger partial charge is 0.313 e. The molecule has 0 bridgehead atoms. The first-order valence-electron chi connectivity index (χ1n) is 4.62. The average Bonchev–Trinajstić information content (AvgIpc) is 2.48. The Kier molecular flexibility index (Phi) is 3.62. The molecule has 0 amide bonds. The zero-order chi connectivity index (χ0) is 11.5. The Hall–Kier alpha value is -1.17. The molecule has 0 aromatic carbocycles. The fourth-order valence-corrected chi connectivity index (χ4v) is 1.61. The van der Waals surface area contributed by atoms with E-state index in [1.54, 1.807) is 7.05 Å². The van der Waals surface area contributed by atoms with Gasteiger partial charge in [-0.2, -0.15) is 0 Å². The monoisotopic (exact) mass is 229 g/mol. The zero-order valence-electron chi connectivity index (χ0n) is 9.33. The summed E-state index contributed by atoms with van der Waals surface area (Å²) >= 11 is 1.35. The third-order valence-corrected chi connectivity index (χ3v) is 2.34. The Morgan fingerprint density at radius 2 is 2.13 bits per heavy atom. The number of carbonyl (C=O) groups excluding carboxylic acids is 1. The molecule has 1 aromatic heterocycles. The van der Waals surface area contributed by atoms with Crippen molar-refractivity contribution in [2.45, 2.75) is 32.8 Å². The number of carbonyl (C=O) groups is 1. The molecule has 0 atom stereocenters. The van der Waals surface area contributed by atoms with Gasteiger partial charge in [0, 0.05) is 7.05 Å². The minimum Gasteiger partial charge on any atom is -0.460 e. The molecule has 84 valence electrons. The summed E-state index contributed by atoms with van der Waals surface area (Å²) in [5, 5.41) is 11.9. The summed E-state index contributed by atoms with van der Waals surface area (Å²) in [5.74, 6) is -0.277. The summed E-state index contributed by atoms with van der Waals surface area (Å²) < 4.78 is 5.16. The van der Waals surface area contributed by atoms with Gasteiger partial charge in [-0.25, -0.2) is 0 Å². The molecule has 0 aliphatic carbocycles. The summed E-state index contributed by atoms with van der Waals surface area (Å²) in [7, 11) is 1.76. The molecule has 1 N–H and O–H groups in total. The van der Waals surface area contributed by atoms with Crippen molar-refractivity contribution in [3.8, 4) is 0 Å². The number of nitrogens with zero attached hydrogens (tertiary/aromatic N) is 2. The lowest BCUT2D eigenvalue weighted by Gasteiger charge is -2.18. The van der Waals surface area contributed by atoms with Gasteiger partial charge in [0.05, 0.1) is 6.42 Å². The molecule has 0 spiro atoms. The van der Waals surface area contributed by atoms with Crippen LogP contribution in [0.15, 0.2) is 0 Å². The molecule has 1 aromatic rings. The average molecular weight is 229 g/mol. The SMILES string of the molecule is CNc1nnc(CC(=O)OC(C)(C)C)s1. The molecule has 1 heterocycles. The standard InChI is InChI=1S/C9H15N3O2S/c1-9(2,3)14-7(13)5-6-11-12-8(10-4)15-6/h5H2,1-4H3,(H,10,12). The lowest BCUT2D eigenvalue weighted by Crippen LogP contribution is -2.24. The lowest BCUT2D eigenvalue weighted by atomic mass is 10.2. The minimum absolute atomic E-state index is 0.177. The Bertz CT molecular complexity index is 343. The zero-order valence-corrected chi connectivity index (χ0v) is 10.1. The maximum Gasteiger partial charge on any atom is 0.313 e. The first-order valence-corrected chi connectivity index (χ1v) is 5.44. The number of aromatic nitrogens is 2. The molecule has 0 radical (unpaired) electrons. The van der Waals surface area contributed by atoms with Crippen LogP contribution in [0.2, 0.25) is 0 Å². The predicted molar refractivity (Wildman–Crippen MR) is 59.0 cm³/mol. The number of anilines is 1. The van der Waals surface area contributed by atoms with E-state index in [2.05, 4.69) is 15.5 Å². The van der Waals surface area contributed by atoms with Crippen LogP contribution in [0.4, 0.5) is 5.13 Å². The van der Waals surface area contributed by atoms with Gasteiger partial charge in [-0.15, -0.1) is 10.2 Å². The van der Waals surface area contributed by atoms with Crippen molar-refractivity contribution in [1.82, 2.24) is 10.2 Å². The summed E-state index contributed by atoms with van der Waals surface area (Å²) in [6.07, 6.45) is 0.177. The van der Waals surface area contributed by atoms with Crippen molar-refractivity contribution in [2.24, 2.45) is 0 Å². The number of rotatable bonds is 3. The molecule has 0 fully saturated rings. The highest BCUT2D eigenvalue weighted by molar-refractivity contribution is 7.15. The molecule has 5 nitrogen and oxygen atoms in total. The van der Waals surface area contributed by atoms with E-state index in [0.717, 1.165) is 0 Å². The maximum atomic E-state index is 11.4. The van der Waals surface area contributed by atoms with Crippen LogP contribution in [0.5, 0.6) is 0 Å². The van der Waals surface area contributed by atoms with Crippen molar-refractivity contribution >= 4 is 22.4 Å². The first kappa shape index (κ1) is 11.9. The fourth-order valence-electron chi connectivity index (χ4n) is 0.927.